The van der Waals surface area contributed by atoms with Crippen molar-refractivity contribution < 1.29 is 22.7 Å². The molecule has 0 aliphatic rings. The molecule has 0 spiro atoms. The van der Waals surface area contributed by atoms with Gasteiger partial charge in [0.1, 0.15) is 0 Å². The second-order valence-electron chi connectivity index (χ2n) is 5.14. The Labute approximate surface area is 135 Å². The molecule has 0 bridgehead atoms. The molecule has 1 aromatic heterocycles. The zero-order valence-electron chi connectivity index (χ0n) is 12.6. The van der Waals surface area contributed by atoms with Crippen LogP contribution in [0, 0.1) is 13.8 Å². The number of alkyl halides is 3. The molecular weight excluding hydrogens is 333 g/mol. The number of carbonyl (C=O) groups is 1. The van der Waals surface area contributed by atoms with Gasteiger partial charge in [-0.2, -0.15) is 18.3 Å². The lowest BCUT2D eigenvalue weighted by molar-refractivity contribution is -0.190. The number of halogens is 4. The summed E-state index contributed by atoms with van der Waals surface area (Å²) < 4.78 is 42.8. The summed E-state index contributed by atoms with van der Waals surface area (Å²) in [5.41, 5.74) is 2.04. The SMILES string of the molecule is Cc1cc(OC(=O)C(F)(F)F)n(C(C)c2ccc(C)c(Cl)c2)n1. The highest BCUT2D eigenvalue weighted by atomic mass is 35.5. The van der Waals surface area contributed by atoms with Crippen molar-refractivity contribution in [1.29, 1.82) is 0 Å². The Kier molecular flexibility index (Phi) is 4.70. The minimum absolute atomic E-state index is 0.269. The molecule has 23 heavy (non-hydrogen) atoms. The minimum atomic E-state index is -5.07. The molecule has 2 aromatic rings. The van der Waals surface area contributed by atoms with E-state index >= 15 is 0 Å². The van der Waals surface area contributed by atoms with Gasteiger partial charge in [-0.05, 0) is 38.0 Å². The molecule has 1 atom stereocenters. The molecule has 0 aliphatic heterocycles. The molecule has 0 amide bonds. The number of aryl methyl sites for hydroxylation is 2. The van der Waals surface area contributed by atoms with Gasteiger partial charge in [-0.3, -0.25) is 0 Å². The predicted molar refractivity (Wildman–Crippen MR) is 78.7 cm³/mol. The first-order valence-corrected chi connectivity index (χ1v) is 7.08. The molecule has 0 N–H and O–H groups in total. The van der Waals surface area contributed by atoms with Crippen molar-refractivity contribution >= 4 is 17.6 Å². The first-order chi connectivity index (χ1) is 10.6. The van der Waals surface area contributed by atoms with Gasteiger partial charge in [-0.25, -0.2) is 9.48 Å². The number of aromatic nitrogens is 2. The van der Waals surface area contributed by atoms with Crippen LogP contribution in [0.1, 0.15) is 29.8 Å². The van der Waals surface area contributed by atoms with Crippen molar-refractivity contribution in [2.75, 3.05) is 0 Å². The number of rotatable bonds is 3. The molecule has 4 nitrogen and oxygen atoms in total. The van der Waals surface area contributed by atoms with E-state index in [9.17, 15) is 18.0 Å². The monoisotopic (exact) mass is 346 g/mol. The Balaban J connectivity index is 2.35. The average molecular weight is 347 g/mol. The Hall–Kier alpha value is -2.02. The van der Waals surface area contributed by atoms with Crippen LogP contribution in [0.2, 0.25) is 5.02 Å². The van der Waals surface area contributed by atoms with Crippen LogP contribution in [0.3, 0.4) is 0 Å². The molecule has 8 heteroatoms. The van der Waals surface area contributed by atoms with Crippen LogP contribution in [0.4, 0.5) is 13.2 Å². The Morgan fingerprint density at radius 2 is 1.96 bits per heavy atom. The van der Waals surface area contributed by atoms with E-state index in [4.69, 9.17) is 11.6 Å². The van der Waals surface area contributed by atoms with Gasteiger partial charge < -0.3 is 4.74 Å². The first kappa shape index (κ1) is 17.3. The van der Waals surface area contributed by atoms with Gasteiger partial charge in [-0.1, -0.05) is 23.7 Å². The molecule has 1 unspecified atom stereocenters. The highest BCUT2D eigenvalue weighted by molar-refractivity contribution is 6.31. The van der Waals surface area contributed by atoms with E-state index < -0.39 is 18.2 Å². The zero-order chi connectivity index (χ0) is 17.4. The van der Waals surface area contributed by atoms with E-state index in [0.29, 0.717) is 10.7 Å². The van der Waals surface area contributed by atoms with E-state index in [1.165, 1.54) is 10.7 Å². The minimum Gasteiger partial charge on any atom is -0.401 e. The van der Waals surface area contributed by atoms with Gasteiger partial charge in [0.05, 0.1) is 11.7 Å². The van der Waals surface area contributed by atoms with Crippen LogP contribution in [0.15, 0.2) is 24.3 Å². The van der Waals surface area contributed by atoms with Crippen molar-refractivity contribution in [2.24, 2.45) is 0 Å². The van der Waals surface area contributed by atoms with Crippen LogP contribution >= 0.6 is 11.6 Å². The Morgan fingerprint density at radius 3 is 2.52 bits per heavy atom. The van der Waals surface area contributed by atoms with Crippen LogP contribution in [-0.4, -0.2) is 21.9 Å². The van der Waals surface area contributed by atoms with Gasteiger partial charge in [0.25, 0.3) is 0 Å². The number of hydrogen-bond donors (Lipinski definition) is 0. The summed E-state index contributed by atoms with van der Waals surface area (Å²) in [6.45, 7) is 5.15. The van der Waals surface area contributed by atoms with Crippen LogP contribution in [0.25, 0.3) is 0 Å². The molecule has 1 heterocycles. The fourth-order valence-electron chi connectivity index (χ4n) is 2.01. The molecule has 0 fully saturated rings. The molecule has 0 saturated carbocycles. The molecule has 0 aliphatic carbocycles. The smallest absolute Gasteiger partial charge is 0.401 e. The number of nitrogens with zero attached hydrogens (tertiary/aromatic N) is 2. The highest BCUT2D eigenvalue weighted by Crippen LogP contribution is 2.28. The summed E-state index contributed by atoms with van der Waals surface area (Å²) in [5, 5.41) is 4.64. The molecule has 0 saturated heterocycles. The van der Waals surface area contributed by atoms with Gasteiger partial charge in [0.2, 0.25) is 5.88 Å². The van der Waals surface area contributed by atoms with Gasteiger partial charge in [-0.15, -0.1) is 0 Å². The molecule has 0 radical (unpaired) electrons. The second kappa shape index (κ2) is 6.23. The Morgan fingerprint density at radius 1 is 1.30 bits per heavy atom. The van der Waals surface area contributed by atoms with Crippen molar-refractivity contribution in [3.63, 3.8) is 0 Å². The van der Waals surface area contributed by atoms with E-state index in [0.717, 1.165) is 11.1 Å². The van der Waals surface area contributed by atoms with E-state index in [1.54, 1.807) is 32.0 Å². The topological polar surface area (TPSA) is 44.1 Å². The van der Waals surface area contributed by atoms with Gasteiger partial charge in [0, 0.05) is 11.1 Å². The van der Waals surface area contributed by atoms with Crippen LogP contribution < -0.4 is 4.74 Å². The van der Waals surface area contributed by atoms with E-state index in [-0.39, 0.29) is 5.88 Å². The third kappa shape index (κ3) is 3.85. The third-order valence-electron chi connectivity index (χ3n) is 3.30. The molecule has 1 aromatic carbocycles. The maximum Gasteiger partial charge on any atom is 0.491 e. The fraction of sp³-hybridized carbons (Fsp3) is 0.333. The van der Waals surface area contributed by atoms with Crippen LogP contribution in [0.5, 0.6) is 5.88 Å². The summed E-state index contributed by atoms with van der Waals surface area (Å²) >= 11 is 6.07. The average Bonchev–Trinajstić information content (AvgIpc) is 2.80. The number of carbonyl (C=O) groups excluding carboxylic acids is 1. The van der Waals surface area contributed by atoms with Crippen molar-refractivity contribution in [3.05, 3.63) is 46.1 Å². The summed E-state index contributed by atoms with van der Waals surface area (Å²) in [7, 11) is 0. The number of benzene rings is 1. The van der Waals surface area contributed by atoms with Gasteiger partial charge >= 0.3 is 12.1 Å². The fourth-order valence-corrected chi connectivity index (χ4v) is 2.20. The van der Waals surface area contributed by atoms with Crippen LogP contribution in [-0.2, 0) is 4.79 Å². The van der Waals surface area contributed by atoms with Crippen molar-refractivity contribution in [3.8, 4) is 5.88 Å². The summed E-state index contributed by atoms with van der Waals surface area (Å²) in [6.07, 6.45) is -5.07. The quantitative estimate of drug-likeness (QED) is 0.781. The second-order valence-corrected chi connectivity index (χ2v) is 5.55. The van der Waals surface area contributed by atoms with Gasteiger partial charge in [0.15, 0.2) is 0 Å². The number of esters is 1. The lowest BCUT2D eigenvalue weighted by atomic mass is 10.1. The largest absolute Gasteiger partial charge is 0.491 e. The molecule has 124 valence electrons. The maximum atomic E-state index is 12.4. The molecule has 2 rings (SSSR count). The Bertz CT molecular complexity index is 741. The summed E-state index contributed by atoms with van der Waals surface area (Å²) in [4.78, 5) is 11.0. The third-order valence-corrected chi connectivity index (χ3v) is 3.70. The predicted octanol–water partition coefficient (Wildman–Crippen LogP) is 4.23. The standard InChI is InChI=1S/C15H14ClF3N2O2/c1-8-4-5-11(7-12(8)16)10(3)21-13(6-9(2)20-21)23-14(22)15(17,18)19/h4-7,10H,1-3H3. The van der Waals surface area contributed by atoms with E-state index in [2.05, 4.69) is 9.84 Å². The summed E-state index contributed by atoms with van der Waals surface area (Å²) in [5.74, 6) is -2.55. The lowest BCUT2D eigenvalue weighted by Crippen LogP contribution is -2.29. The zero-order valence-corrected chi connectivity index (χ0v) is 13.4. The lowest BCUT2D eigenvalue weighted by Gasteiger charge is -2.17. The normalized spacial score (nSPS) is 13.0. The first-order valence-electron chi connectivity index (χ1n) is 6.71. The van der Waals surface area contributed by atoms with E-state index in [1.807, 2.05) is 6.92 Å². The molecular formula is C15H14ClF3N2O2. The van der Waals surface area contributed by atoms with Crippen molar-refractivity contribution in [1.82, 2.24) is 9.78 Å². The summed E-state index contributed by atoms with van der Waals surface area (Å²) in [6, 6.07) is 6.10. The maximum absolute atomic E-state index is 12.4. The van der Waals surface area contributed by atoms with Crippen molar-refractivity contribution in [2.45, 2.75) is 33.0 Å². The highest BCUT2D eigenvalue weighted by Gasteiger charge is 2.42. The number of ether oxygens (including phenoxy) is 1. The number of hydrogen-bond acceptors (Lipinski definition) is 3.